The molecule has 1 aliphatic carbocycles. The van der Waals surface area contributed by atoms with E-state index in [0.29, 0.717) is 12.6 Å². The van der Waals surface area contributed by atoms with Gasteiger partial charge in [0.1, 0.15) is 5.54 Å². The molecule has 3 unspecified atom stereocenters. The van der Waals surface area contributed by atoms with Gasteiger partial charge >= 0.3 is 0 Å². The van der Waals surface area contributed by atoms with Crippen molar-refractivity contribution < 1.29 is 8.42 Å². The van der Waals surface area contributed by atoms with E-state index in [1.807, 2.05) is 13.8 Å². The van der Waals surface area contributed by atoms with Gasteiger partial charge in [-0.05, 0) is 32.7 Å². The molecule has 108 valence electrons. The molecule has 6 heteroatoms. The Morgan fingerprint density at radius 2 is 2.26 bits per heavy atom. The van der Waals surface area contributed by atoms with Gasteiger partial charge in [0, 0.05) is 18.6 Å². The van der Waals surface area contributed by atoms with E-state index in [-0.39, 0.29) is 17.5 Å². The Balaban J connectivity index is 2.04. The van der Waals surface area contributed by atoms with Crippen LogP contribution in [0.15, 0.2) is 0 Å². The average molecular weight is 285 g/mol. The highest BCUT2D eigenvalue weighted by molar-refractivity contribution is 7.91. The van der Waals surface area contributed by atoms with Gasteiger partial charge in [0.2, 0.25) is 0 Å². The zero-order valence-corrected chi connectivity index (χ0v) is 12.5. The summed E-state index contributed by atoms with van der Waals surface area (Å²) >= 11 is 0. The van der Waals surface area contributed by atoms with E-state index < -0.39 is 15.4 Å². The van der Waals surface area contributed by atoms with Crippen molar-refractivity contribution in [2.75, 3.05) is 24.6 Å². The summed E-state index contributed by atoms with van der Waals surface area (Å²) in [5.41, 5.74) is -0.407. The number of hydrogen-bond donors (Lipinski definition) is 1. The predicted octanol–water partition coefficient (Wildman–Crippen LogP) is 0.530. The highest BCUT2D eigenvalue weighted by Crippen LogP contribution is 2.34. The van der Waals surface area contributed by atoms with E-state index in [2.05, 4.69) is 16.3 Å². The van der Waals surface area contributed by atoms with Crippen LogP contribution in [0.3, 0.4) is 0 Å². The molecule has 0 radical (unpaired) electrons. The Morgan fingerprint density at radius 3 is 2.84 bits per heavy atom. The first kappa shape index (κ1) is 14.8. The van der Waals surface area contributed by atoms with Crippen molar-refractivity contribution in [3.63, 3.8) is 0 Å². The van der Waals surface area contributed by atoms with Crippen molar-refractivity contribution in [2.24, 2.45) is 0 Å². The first-order chi connectivity index (χ1) is 8.91. The van der Waals surface area contributed by atoms with Crippen LogP contribution in [-0.2, 0) is 9.84 Å². The van der Waals surface area contributed by atoms with Gasteiger partial charge < -0.3 is 0 Å². The Labute approximate surface area is 115 Å². The van der Waals surface area contributed by atoms with Crippen LogP contribution in [0.2, 0.25) is 0 Å². The highest BCUT2D eigenvalue weighted by Gasteiger charge is 2.43. The molecule has 1 heterocycles. The van der Waals surface area contributed by atoms with Crippen molar-refractivity contribution >= 4 is 9.84 Å². The predicted molar refractivity (Wildman–Crippen MR) is 74.5 cm³/mol. The molecule has 1 N–H and O–H groups in total. The van der Waals surface area contributed by atoms with Crippen molar-refractivity contribution in [1.82, 2.24) is 10.2 Å². The van der Waals surface area contributed by atoms with Crippen LogP contribution in [0.5, 0.6) is 0 Å². The third kappa shape index (κ3) is 3.10. The van der Waals surface area contributed by atoms with E-state index in [1.165, 1.54) is 0 Å². The number of hydrogen-bond acceptors (Lipinski definition) is 5. The summed E-state index contributed by atoms with van der Waals surface area (Å²) in [5, 5.41) is 12.7. The molecule has 3 atom stereocenters. The highest BCUT2D eigenvalue weighted by atomic mass is 32.2. The molecule has 5 nitrogen and oxygen atoms in total. The molecule has 0 bridgehead atoms. The normalized spacial score (nSPS) is 39.0. The Bertz CT molecular complexity index is 471. The van der Waals surface area contributed by atoms with Gasteiger partial charge in [-0.2, -0.15) is 5.26 Å². The lowest BCUT2D eigenvalue weighted by atomic mass is 9.99. The Hall–Kier alpha value is -0.640. The maximum absolute atomic E-state index is 11.6. The third-order valence-electron chi connectivity index (χ3n) is 4.41. The number of nitrogens with one attached hydrogen (secondary N) is 1. The lowest BCUT2D eigenvalue weighted by Crippen LogP contribution is -2.52. The minimum atomic E-state index is -2.86. The monoisotopic (exact) mass is 285 g/mol. The van der Waals surface area contributed by atoms with E-state index in [0.717, 1.165) is 25.8 Å². The smallest absolute Gasteiger partial charge is 0.153 e. The second kappa shape index (κ2) is 5.39. The summed E-state index contributed by atoms with van der Waals surface area (Å²) in [7, 11) is -2.86. The third-order valence-corrected chi connectivity index (χ3v) is 6.20. The average Bonchev–Trinajstić information content (AvgIpc) is 2.73. The standard InChI is InChI=1S/C13H23N3O2S/c1-3-15-13(10-14)5-4-12(8-13)16-6-7-19(17,18)9-11(16)2/h11-12,15H,3-9H2,1-2H3. The molecular weight excluding hydrogens is 262 g/mol. The van der Waals surface area contributed by atoms with E-state index >= 15 is 0 Å². The minimum absolute atomic E-state index is 0.0693. The number of sulfone groups is 1. The van der Waals surface area contributed by atoms with Gasteiger partial charge in [0.05, 0.1) is 17.6 Å². The van der Waals surface area contributed by atoms with Crippen molar-refractivity contribution in [3.05, 3.63) is 0 Å². The summed E-state index contributed by atoms with van der Waals surface area (Å²) in [6.07, 6.45) is 2.64. The van der Waals surface area contributed by atoms with Crippen LogP contribution in [0.25, 0.3) is 0 Å². The molecule has 0 spiro atoms. The maximum atomic E-state index is 11.6. The summed E-state index contributed by atoms with van der Waals surface area (Å²) in [6.45, 7) is 5.41. The number of nitriles is 1. The van der Waals surface area contributed by atoms with Crippen molar-refractivity contribution in [3.8, 4) is 6.07 Å². The molecule has 2 fully saturated rings. The fourth-order valence-corrected chi connectivity index (χ4v) is 5.08. The minimum Gasteiger partial charge on any atom is -0.300 e. The molecule has 0 amide bonds. The van der Waals surface area contributed by atoms with E-state index in [4.69, 9.17) is 0 Å². The second-order valence-corrected chi connectivity index (χ2v) is 8.05. The molecular formula is C13H23N3O2S. The number of nitrogens with zero attached hydrogens (tertiary/aromatic N) is 2. The van der Waals surface area contributed by atoms with Gasteiger partial charge in [-0.25, -0.2) is 8.42 Å². The lowest BCUT2D eigenvalue weighted by molar-refractivity contribution is 0.155. The van der Waals surface area contributed by atoms with Gasteiger partial charge in [0.25, 0.3) is 0 Å². The van der Waals surface area contributed by atoms with Crippen LogP contribution in [0, 0.1) is 11.3 Å². The van der Waals surface area contributed by atoms with Crippen LogP contribution >= 0.6 is 0 Å². The zero-order valence-electron chi connectivity index (χ0n) is 11.7. The molecule has 1 aliphatic heterocycles. The van der Waals surface area contributed by atoms with Gasteiger partial charge in [-0.3, -0.25) is 10.2 Å². The van der Waals surface area contributed by atoms with E-state index in [1.54, 1.807) is 0 Å². The molecule has 0 aromatic rings. The van der Waals surface area contributed by atoms with Gasteiger partial charge in [0.15, 0.2) is 9.84 Å². The summed E-state index contributed by atoms with van der Waals surface area (Å²) < 4.78 is 23.2. The Kier molecular flexibility index (Phi) is 4.19. The van der Waals surface area contributed by atoms with Crippen LogP contribution in [0.4, 0.5) is 0 Å². The summed E-state index contributed by atoms with van der Waals surface area (Å²) in [4.78, 5) is 2.29. The molecule has 1 saturated heterocycles. The van der Waals surface area contributed by atoms with E-state index in [9.17, 15) is 13.7 Å². The fraction of sp³-hybridized carbons (Fsp3) is 0.923. The first-order valence-electron chi connectivity index (χ1n) is 7.04. The fourth-order valence-electron chi connectivity index (χ4n) is 3.50. The van der Waals surface area contributed by atoms with Crippen molar-refractivity contribution in [1.29, 1.82) is 5.26 Å². The molecule has 0 aromatic carbocycles. The molecule has 2 rings (SSSR count). The number of rotatable bonds is 3. The molecule has 1 saturated carbocycles. The second-order valence-electron chi connectivity index (χ2n) is 5.82. The van der Waals surface area contributed by atoms with Gasteiger partial charge in [-0.1, -0.05) is 6.92 Å². The van der Waals surface area contributed by atoms with Crippen LogP contribution in [-0.4, -0.2) is 55.5 Å². The van der Waals surface area contributed by atoms with Gasteiger partial charge in [-0.15, -0.1) is 0 Å². The summed E-state index contributed by atoms with van der Waals surface area (Å²) in [6, 6.07) is 2.83. The SMILES string of the molecule is CCNC1(C#N)CCC(N2CCS(=O)(=O)CC2C)C1. The maximum Gasteiger partial charge on any atom is 0.153 e. The largest absolute Gasteiger partial charge is 0.300 e. The molecule has 2 aliphatic rings. The lowest BCUT2D eigenvalue weighted by Gasteiger charge is -2.38. The van der Waals surface area contributed by atoms with Crippen LogP contribution < -0.4 is 5.32 Å². The van der Waals surface area contributed by atoms with Crippen LogP contribution in [0.1, 0.15) is 33.1 Å². The summed E-state index contributed by atoms with van der Waals surface area (Å²) in [5.74, 6) is 0.513. The first-order valence-corrected chi connectivity index (χ1v) is 8.86. The quantitative estimate of drug-likeness (QED) is 0.819. The zero-order chi connectivity index (χ0) is 14.1. The molecule has 0 aromatic heterocycles. The Morgan fingerprint density at radius 1 is 1.53 bits per heavy atom. The van der Waals surface area contributed by atoms with Crippen molar-refractivity contribution in [2.45, 2.75) is 50.7 Å². The molecule has 19 heavy (non-hydrogen) atoms. The topological polar surface area (TPSA) is 73.2 Å².